The maximum Gasteiger partial charge on any atom is 0.335 e. The standard InChI is InChI=1S/C23H29NO3/c1-14(24-17-9-6-15(7-10-17)21(26)27)16-8-11-18-19(12-16)23(4,5)20(25)13-22(18,2)3/h6-12,14,20,24-25H,13H2,1-5H3,(H,26,27). The number of hydrogen-bond donors (Lipinski definition) is 3. The van der Waals surface area contributed by atoms with E-state index in [1.54, 1.807) is 24.3 Å². The zero-order valence-electron chi connectivity index (χ0n) is 16.7. The predicted octanol–water partition coefficient (Wildman–Crippen LogP) is 4.88. The SMILES string of the molecule is CC(Nc1ccc(C(=O)O)cc1)c1ccc2c(c1)C(C)(C)C(O)CC2(C)C. The Labute approximate surface area is 161 Å². The number of carboxylic acid groups (broad SMARTS) is 1. The fourth-order valence-electron chi connectivity index (χ4n) is 4.02. The van der Waals surface area contributed by atoms with E-state index in [2.05, 4.69) is 58.1 Å². The fraction of sp³-hybridized carbons (Fsp3) is 0.435. The molecule has 0 spiro atoms. The molecule has 0 amide bonds. The first kappa shape index (κ1) is 19.4. The molecule has 1 aliphatic rings. The highest BCUT2D eigenvalue weighted by molar-refractivity contribution is 5.88. The summed E-state index contributed by atoms with van der Waals surface area (Å²) in [6.45, 7) is 10.7. The summed E-state index contributed by atoms with van der Waals surface area (Å²) in [6, 6.07) is 13.4. The van der Waals surface area contributed by atoms with Crippen molar-refractivity contribution in [1.82, 2.24) is 0 Å². The van der Waals surface area contributed by atoms with Crippen molar-refractivity contribution < 1.29 is 15.0 Å². The van der Waals surface area contributed by atoms with E-state index in [1.165, 1.54) is 11.1 Å². The Morgan fingerprint density at radius 1 is 1.07 bits per heavy atom. The Hall–Kier alpha value is -2.33. The topological polar surface area (TPSA) is 69.6 Å². The number of fused-ring (bicyclic) bond motifs is 1. The summed E-state index contributed by atoms with van der Waals surface area (Å²) in [4.78, 5) is 11.0. The van der Waals surface area contributed by atoms with Crippen LogP contribution in [0.5, 0.6) is 0 Å². The van der Waals surface area contributed by atoms with Crippen molar-refractivity contribution in [3.63, 3.8) is 0 Å². The van der Waals surface area contributed by atoms with Crippen LogP contribution in [0, 0.1) is 0 Å². The summed E-state index contributed by atoms with van der Waals surface area (Å²) in [5, 5.41) is 23.1. The number of carbonyl (C=O) groups is 1. The van der Waals surface area contributed by atoms with Gasteiger partial charge in [-0.2, -0.15) is 0 Å². The van der Waals surface area contributed by atoms with Crippen molar-refractivity contribution in [1.29, 1.82) is 0 Å². The Bertz CT molecular complexity index is 852. The van der Waals surface area contributed by atoms with Crippen LogP contribution in [0.25, 0.3) is 0 Å². The average Bonchev–Trinajstić information content (AvgIpc) is 2.60. The summed E-state index contributed by atoms with van der Waals surface area (Å²) in [6.07, 6.45) is 0.387. The molecule has 0 heterocycles. The maximum absolute atomic E-state index is 11.0. The molecule has 0 bridgehead atoms. The van der Waals surface area contributed by atoms with E-state index >= 15 is 0 Å². The van der Waals surface area contributed by atoms with Crippen LogP contribution in [-0.4, -0.2) is 22.3 Å². The molecule has 0 aromatic heterocycles. The van der Waals surface area contributed by atoms with Gasteiger partial charge in [-0.3, -0.25) is 0 Å². The van der Waals surface area contributed by atoms with Gasteiger partial charge in [0, 0.05) is 17.1 Å². The number of hydrogen-bond acceptors (Lipinski definition) is 3. The Kier molecular flexibility index (Phi) is 4.81. The molecule has 0 saturated carbocycles. The number of nitrogens with one attached hydrogen (secondary N) is 1. The van der Waals surface area contributed by atoms with Gasteiger partial charge in [0.15, 0.2) is 0 Å². The normalized spacial score (nSPS) is 21.2. The second-order valence-electron chi connectivity index (χ2n) is 8.88. The highest BCUT2D eigenvalue weighted by Gasteiger charge is 2.43. The minimum absolute atomic E-state index is 0.0495. The minimum Gasteiger partial charge on any atom is -0.478 e. The van der Waals surface area contributed by atoms with E-state index in [0.29, 0.717) is 0 Å². The van der Waals surface area contributed by atoms with Gasteiger partial charge in [-0.25, -0.2) is 4.79 Å². The van der Waals surface area contributed by atoms with Crippen LogP contribution >= 0.6 is 0 Å². The van der Waals surface area contributed by atoms with Crippen LogP contribution < -0.4 is 5.32 Å². The first-order chi connectivity index (χ1) is 12.5. The number of anilines is 1. The first-order valence-corrected chi connectivity index (χ1v) is 9.45. The van der Waals surface area contributed by atoms with Gasteiger partial charge >= 0.3 is 5.97 Å². The third-order valence-corrected chi connectivity index (χ3v) is 6.02. The molecule has 2 aromatic carbocycles. The van der Waals surface area contributed by atoms with Crippen molar-refractivity contribution in [2.75, 3.05) is 5.32 Å². The van der Waals surface area contributed by atoms with Crippen LogP contribution in [0.15, 0.2) is 42.5 Å². The molecule has 27 heavy (non-hydrogen) atoms. The molecule has 0 saturated heterocycles. The molecule has 3 rings (SSSR count). The fourth-order valence-corrected chi connectivity index (χ4v) is 4.02. The van der Waals surface area contributed by atoms with Gasteiger partial charge in [-0.05, 0) is 59.7 Å². The maximum atomic E-state index is 11.0. The highest BCUT2D eigenvalue weighted by Crippen LogP contribution is 2.46. The van der Waals surface area contributed by atoms with E-state index in [9.17, 15) is 9.90 Å². The summed E-state index contributed by atoms with van der Waals surface area (Å²) >= 11 is 0. The van der Waals surface area contributed by atoms with Crippen LogP contribution in [-0.2, 0) is 10.8 Å². The third-order valence-electron chi connectivity index (χ3n) is 6.02. The lowest BCUT2D eigenvalue weighted by atomic mass is 9.61. The van der Waals surface area contributed by atoms with E-state index < -0.39 is 5.97 Å². The van der Waals surface area contributed by atoms with Gasteiger partial charge in [0.05, 0.1) is 11.7 Å². The molecule has 2 unspecified atom stereocenters. The number of benzene rings is 2. The van der Waals surface area contributed by atoms with Crippen molar-refractivity contribution in [2.24, 2.45) is 0 Å². The minimum atomic E-state index is -0.923. The molecular weight excluding hydrogens is 338 g/mol. The Morgan fingerprint density at radius 2 is 1.70 bits per heavy atom. The molecular formula is C23H29NO3. The molecule has 2 aromatic rings. The second-order valence-corrected chi connectivity index (χ2v) is 8.88. The lowest BCUT2D eigenvalue weighted by Crippen LogP contribution is -2.45. The first-order valence-electron chi connectivity index (χ1n) is 9.45. The molecule has 0 aliphatic heterocycles. The van der Waals surface area contributed by atoms with Crippen molar-refractivity contribution in [3.8, 4) is 0 Å². The van der Waals surface area contributed by atoms with E-state index in [-0.39, 0.29) is 28.5 Å². The molecule has 1 aliphatic carbocycles. The molecule has 0 fully saturated rings. The summed E-state index contributed by atoms with van der Waals surface area (Å²) < 4.78 is 0. The number of carboxylic acids is 1. The highest BCUT2D eigenvalue weighted by atomic mass is 16.4. The summed E-state index contributed by atoms with van der Waals surface area (Å²) in [5.41, 5.74) is 4.48. The Morgan fingerprint density at radius 3 is 2.30 bits per heavy atom. The van der Waals surface area contributed by atoms with E-state index in [1.807, 2.05) is 0 Å². The van der Waals surface area contributed by atoms with Crippen molar-refractivity contribution in [3.05, 3.63) is 64.7 Å². The van der Waals surface area contributed by atoms with Crippen molar-refractivity contribution in [2.45, 2.75) is 64.0 Å². The number of aliphatic hydroxyl groups excluding tert-OH is 1. The van der Waals surface area contributed by atoms with Crippen LogP contribution in [0.1, 0.15) is 74.1 Å². The molecule has 144 valence electrons. The van der Waals surface area contributed by atoms with E-state index in [0.717, 1.165) is 17.7 Å². The van der Waals surface area contributed by atoms with Gasteiger partial charge < -0.3 is 15.5 Å². The van der Waals surface area contributed by atoms with Gasteiger partial charge in [0.25, 0.3) is 0 Å². The smallest absolute Gasteiger partial charge is 0.335 e. The zero-order chi connectivity index (χ0) is 20.0. The zero-order valence-corrected chi connectivity index (χ0v) is 16.7. The van der Waals surface area contributed by atoms with Gasteiger partial charge in [0.1, 0.15) is 0 Å². The number of aliphatic hydroxyl groups is 1. The summed E-state index contributed by atoms with van der Waals surface area (Å²) in [7, 11) is 0. The van der Waals surface area contributed by atoms with Crippen LogP contribution in [0.2, 0.25) is 0 Å². The van der Waals surface area contributed by atoms with Gasteiger partial charge in [0.2, 0.25) is 0 Å². The largest absolute Gasteiger partial charge is 0.478 e. The van der Waals surface area contributed by atoms with Crippen LogP contribution in [0.4, 0.5) is 5.69 Å². The number of rotatable bonds is 4. The van der Waals surface area contributed by atoms with Crippen molar-refractivity contribution >= 4 is 11.7 Å². The van der Waals surface area contributed by atoms with Gasteiger partial charge in [-0.1, -0.05) is 45.9 Å². The lowest BCUT2D eigenvalue weighted by molar-refractivity contribution is 0.0582. The Balaban J connectivity index is 1.89. The van der Waals surface area contributed by atoms with E-state index in [4.69, 9.17) is 5.11 Å². The third kappa shape index (κ3) is 3.59. The quantitative estimate of drug-likeness (QED) is 0.720. The molecule has 4 heteroatoms. The summed E-state index contributed by atoms with van der Waals surface area (Å²) in [5.74, 6) is -0.923. The monoisotopic (exact) mass is 367 g/mol. The number of aromatic carboxylic acids is 1. The molecule has 4 nitrogen and oxygen atoms in total. The molecule has 2 atom stereocenters. The predicted molar refractivity (Wildman–Crippen MR) is 109 cm³/mol. The van der Waals surface area contributed by atoms with Gasteiger partial charge in [-0.15, -0.1) is 0 Å². The molecule has 0 radical (unpaired) electrons. The van der Waals surface area contributed by atoms with Crippen LogP contribution in [0.3, 0.4) is 0 Å². The lowest BCUT2D eigenvalue weighted by Gasteiger charge is -2.45. The molecule has 3 N–H and O–H groups in total. The average molecular weight is 367 g/mol. The second kappa shape index (κ2) is 6.68.